The molecular formula is C22H39F3O3. The monoisotopic (exact) mass is 408 g/mol. The van der Waals surface area contributed by atoms with Gasteiger partial charge in [-0.2, -0.15) is 13.2 Å². The topological polar surface area (TPSA) is 38.7 Å². The Morgan fingerprint density at radius 2 is 1.46 bits per heavy atom. The summed E-state index contributed by atoms with van der Waals surface area (Å²) < 4.78 is 49.8. The lowest BCUT2D eigenvalue weighted by molar-refractivity contribution is -0.263. The van der Waals surface area contributed by atoms with Crippen molar-refractivity contribution in [2.24, 2.45) is 34.5 Å². The lowest BCUT2D eigenvalue weighted by Gasteiger charge is -2.48. The zero-order chi connectivity index (χ0) is 21.7. The first-order valence-corrected chi connectivity index (χ1v) is 10.5. The Morgan fingerprint density at radius 3 is 1.93 bits per heavy atom. The molecule has 7 atom stereocenters. The summed E-state index contributed by atoms with van der Waals surface area (Å²) in [5.41, 5.74) is -2.32. The number of ether oxygens (including phenoxy) is 2. The summed E-state index contributed by atoms with van der Waals surface area (Å²) in [6, 6.07) is 0. The van der Waals surface area contributed by atoms with Crippen LogP contribution in [0.4, 0.5) is 13.2 Å². The van der Waals surface area contributed by atoms with Crippen molar-refractivity contribution in [2.75, 3.05) is 6.61 Å². The van der Waals surface area contributed by atoms with E-state index in [1.807, 2.05) is 0 Å². The summed E-state index contributed by atoms with van der Waals surface area (Å²) >= 11 is 0. The number of alkyl halides is 3. The van der Waals surface area contributed by atoms with Crippen LogP contribution in [-0.2, 0) is 9.47 Å². The molecule has 0 amide bonds. The Morgan fingerprint density at radius 1 is 0.929 bits per heavy atom. The van der Waals surface area contributed by atoms with Gasteiger partial charge in [0.15, 0.2) is 11.9 Å². The van der Waals surface area contributed by atoms with E-state index in [9.17, 15) is 18.3 Å². The van der Waals surface area contributed by atoms with Crippen LogP contribution in [0.1, 0.15) is 74.7 Å². The number of aliphatic hydroxyl groups is 1. The van der Waals surface area contributed by atoms with Gasteiger partial charge in [0.2, 0.25) is 0 Å². The lowest BCUT2D eigenvalue weighted by Crippen LogP contribution is -2.45. The summed E-state index contributed by atoms with van der Waals surface area (Å²) in [6.45, 7) is 16.2. The smallest absolute Gasteiger partial charge is 0.381 e. The summed E-state index contributed by atoms with van der Waals surface area (Å²) in [4.78, 5) is 0. The first-order chi connectivity index (χ1) is 12.4. The van der Waals surface area contributed by atoms with Gasteiger partial charge in [0.05, 0.1) is 12.7 Å². The van der Waals surface area contributed by atoms with Crippen molar-refractivity contribution in [3.63, 3.8) is 0 Å². The van der Waals surface area contributed by atoms with Crippen molar-refractivity contribution in [3.8, 4) is 0 Å². The van der Waals surface area contributed by atoms with E-state index < -0.39 is 24.5 Å². The fourth-order valence-electron chi connectivity index (χ4n) is 5.74. The maximum atomic E-state index is 12.7. The highest BCUT2D eigenvalue weighted by Crippen LogP contribution is 2.63. The first-order valence-electron chi connectivity index (χ1n) is 10.5. The van der Waals surface area contributed by atoms with Gasteiger partial charge < -0.3 is 14.6 Å². The largest absolute Gasteiger partial charge is 0.416 e. The van der Waals surface area contributed by atoms with E-state index in [2.05, 4.69) is 41.5 Å². The average molecular weight is 409 g/mol. The van der Waals surface area contributed by atoms with Crippen molar-refractivity contribution in [1.29, 1.82) is 0 Å². The number of rotatable bonds is 6. The molecule has 0 aliphatic heterocycles. The molecular weight excluding hydrogens is 369 g/mol. The van der Waals surface area contributed by atoms with Crippen LogP contribution in [0.25, 0.3) is 0 Å². The lowest BCUT2D eigenvalue weighted by atomic mass is 9.58. The Bertz CT molecular complexity index is 531. The second-order valence-corrected chi connectivity index (χ2v) is 11.3. The SMILES string of the molecule is CC(OCCC(C)(O)C(F)(F)F)OC1CC2CC1C(C(C)(C)C)C2C(C)(C)C. The van der Waals surface area contributed by atoms with E-state index >= 15 is 0 Å². The minimum absolute atomic E-state index is 0.0888. The molecule has 0 aromatic heterocycles. The van der Waals surface area contributed by atoms with E-state index in [0.29, 0.717) is 23.7 Å². The third kappa shape index (κ3) is 5.04. The van der Waals surface area contributed by atoms with Crippen LogP contribution in [0.2, 0.25) is 0 Å². The minimum atomic E-state index is -4.66. The molecule has 28 heavy (non-hydrogen) atoms. The molecule has 2 rings (SSSR count). The second-order valence-electron chi connectivity index (χ2n) is 11.3. The molecule has 0 aromatic carbocycles. The van der Waals surface area contributed by atoms with Crippen molar-refractivity contribution in [3.05, 3.63) is 0 Å². The Balaban J connectivity index is 1.94. The zero-order valence-electron chi connectivity index (χ0n) is 18.7. The molecule has 0 saturated heterocycles. The van der Waals surface area contributed by atoms with Gasteiger partial charge in [0, 0.05) is 6.42 Å². The van der Waals surface area contributed by atoms with Gasteiger partial charge in [-0.05, 0) is 61.2 Å². The summed E-state index contributed by atoms with van der Waals surface area (Å²) in [5.74, 6) is 2.28. The molecule has 1 N–H and O–H groups in total. The fraction of sp³-hybridized carbons (Fsp3) is 1.00. The van der Waals surface area contributed by atoms with Gasteiger partial charge in [-0.15, -0.1) is 0 Å². The highest BCUT2D eigenvalue weighted by atomic mass is 19.4. The predicted molar refractivity (Wildman–Crippen MR) is 104 cm³/mol. The van der Waals surface area contributed by atoms with E-state index in [0.717, 1.165) is 19.8 Å². The van der Waals surface area contributed by atoms with Gasteiger partial charge in [0.25, 0.3) is 0 Å². The maximum absolute atomic E-state index is 12.7. The molecule has 166 valence electrons. The molecule has 0 radical (unpaired) electrons. The number of halogens is 3. The van der Waals surface area contributed by atoms with Crippen molar-refractivity contribution in [1.82, 2.24) is 0 Å². The van der Waals surface area contributed by atoms with Crippen molar-refractivity contribution >= 4 is 0 Å². The van der Waals surface area contributed by atoms with E-state index in [4.69, 9.17) is 9.47 Å². The minimum Gasteiger partial charge on any atom is -0.381 e. The molecule has 0 heterocycles. The van der Waals surface area contributed by atoms with Gasteiger partial charge in [-0.3, -0.25) is 0 Å². The summed E-state index contributed by atoms with van der Waals surface area (Å²) in [7, 11) is 0. The molecule has 2 bridgehead atoms. The quantitative estimate of drug-likeness (QED) is 0.564. The average Bonchev–Trinajstić information content (AvgIpc) is 3.01. The van der Waals surface area contributed by atoms with Crippen LogP contribution >= 0.6 is 0 Å². The van der Waals surface area contributed by atoms with Crippen LogP contribution < -0.4 is 0 Å². The van der Waals surface area contributed by atoms with Gasteiger partial charge in [-0.25, -0.2) is 0 Å². The predicted octanol–water partition coefficient (Wildman–Crippen LogP) is 5.80. The van der Waals surface area contributed by atoms with Gasteiger partial charge in [-0.1, -0.05) is 41.5 Å². The van der Waals surface area contributed by atoms with Gasteiger partial charge in [0.1, 0.15) is 0 Å². The van der Waals surface area contributed by atoms with Crippen molar-refractivity contribution < 1.29 is 27.8 Å². The Labute approximate surface area is 168 Å². The van der Waals surface area contributed by atoms with E-state index in [-0.39, 0.29) is 23.5 Å². The molecule has 0 spiro atoms. The summed E-state index contributed by atoms with van der Waals surface area (Å²) in [6.07, 6.45) is -3.50. The molecule has 2 fully saturated rings. The van der Waals surface area contributed by atoms with Crippen LogP contribution in [0.5, 0.6) is 0 Å². The third-order valence-electron chi connectivity index (χ3n) is 6.86. The maximum Gasteiger partial charge on any atom is 0.416 e. The highest BCUT2D eigenvalue weighted by Gasteiger charge is 2.59. The van der Waals surface area contributed by atoms with Gasteiger partial charge >= 0.3 is 6.18 Å². The first kappa shape index (κ1) is 23.9. The van der Waals surface area contributed by atoms with E-state index in [1.165, 1.54) is 0 Å². The summed E-state index contributed by atoms with van der Waals surface area (Å²) in [5, 5.41) is 9.52. The molecule has 3 nitrogen and oxygen atoms in total. The molecule has 2 aliphatic rings. The normalized spacial score (nSPS) is 34.5. The molecule has 2 saturated carbocycles. The number of hydrogen-bond donors (Lipinski definition) is 1. The molecule has 7 unspecified atom stereocenters. The van der Waals surface area contributed by atoms with E-state index in [1.54, 1.807) is 6.92 Å². The molecule has 0 aromatic rings. The number of fused-ring (bicyclic) bond motifs is 2. The Hall–Kier alpha value is -0.330. The van der Waals surface area contributed by atoms with Crippen LogP contribution in [0, 0.1) is 34.5 Å². The molecule has 6 heteroatoms. The van der Waals surface area contributed by atoms with Crippen LogP contribution in [-0.4, -0.2) is 35.9 Å². The zero-order valence-corrected chi connectivity index (χ0v) is 18.7. The van der Waals surface area contributed by atoms with Crippen LogP contribution in [0.3, 0.4) is 0 Å². The number of hydrogen-bond acceptors (Lipinski definition) is 3. The standard InChI is InChI=1S/C22H39F3O3/c1-13(27-10-9-21(8,26)22(23,24)25)28-16-12-14-11-15(16)18(20(5,6)7)17(14)19(2,3)4/h13-18,26H,9-12H2,1-8H3. The fourth-order valence-corrected chi connectivity index (χ4v) is 5.74. The highest BCUT2D eigenvalue weighted by molar-refractivity contribution is 5.07. The third-order valence-corrected chi connectivity index (χ3v) is 6.86. The molecule has 2 aliphatic carbocycles. The van der Waals surface area contributed by atoms with Crippen molar-refractivity contribution in [2.45, 2.75) is 98.8 Å². The Kier molecular flexibility index (Phi) is 6.61. The van der Waals surface area contributed by atoms with Crippen LogP contribution in [0.15, 0.2) is 0 Å². The second kappa shape index (κ2) is 7.73.